The van der Waals surface area contributed by atoms with Gasteiger partial charge in [0, 0.05) is 19.8 Å². The van der Waals surface area contributed by atoms with Crippen molar-refractivity contribution in [3.05, 3.63) is 59.0 Å². The van der Waals surface area contributed by atoms with Gasteiger partial charge in [-0.15, -0.1) is 11.8 Å². The van der Waals surface area contributed by atoms with Gasteiger partial charge in [0.15, 0.2) is 0 Å². The maximum atomic E-state index is 13.2. The highest BCUT2D eigenvalue weighted by molar-refractivity contribution is 8.04. The van der Waals surface area contributed by atoms with E-state index in [4.69, 9.17) is 4.74 Å². The van der Waals surface area contributed by atoms with Crippen molar-refractivity contribution in [1.82, 2.24) is 0 Å². The summed E-state index contributed by atoms with van der Waals surface area (Å²) in [4.78, 5) is 29.9. The van der Waals surface area contributed by atoms with Gasteiger partial charge in [-0.1, -0.05) is 19.1 Å². The number of benzene rings is 2. The van der Waals surface area contributed by atoms with Gasteiger partial charge < -0.3 is 9.64 Å². The number of carbonyl (C=O) groups is 2. The van der Waals surface area contributed by atoms with Gasteiger partial charge in [-0.3, -0.25) is 9.59 Å². The van der Waals surface area contributed by atoms with Crippen LogP contribution in [0.3, 0.4) is 0 Å². The number of hydrogen-bond donors (Lipinski definition) is 0. The molecule has 0 aliphatic carbocycles. The van der Waals surface area contributed by atoms with Crippen molar-refractivity contribution in [2.45, 2.75) is 6.92 Å². The average Bonchev–Trinajstić information content (AvgIpc) is 2.92. The Balaban J connectivity index is 2.01. The Kier molecular flexibility index (Phi) is 5.56. The van der Waals surface area contributed by atoms with Gasteiger partial charge >= 0.3 is 0 Å². The van der Waals surface area contributed by atoms with Crippen LogP contribution >= 0.6 is 11.8 Å². The van der Waals surface area contributed by atoms with Crippen molar-refractivity contribution in [3.63, 3.8) is 0 Å². The van der Waals surface area contributed by atoms with E-state index in [9.17, 15) is 9.59 Å². The molecule has 5 nitrogen and oxygen atoms in total. The predicted molar refractivity (Wildman–Crippen MR) is 111 cm³/mol. The summed E-state index contributed by atoms with van der Waals surface area (Å²) in [7, 11) is 5.48. The number of rotatable bonds is 6. The maximum Gasteiger partial charge on any atom is 0.272 e. The van der Waals surface area contributed by atoms with E-state index < -0.39 is 0 Å². The SMILES string of the molecule is CCSC1=C(c2ccc(OC)cc2)C(=O)N(c2ccc(N(C)C)cc2)C1=O. The van der Waals surface area contributed by atoms with Crippen molar-refractivity contribution in [2.24, 2.45) is 0 Å². The molecule has 0 N–H and O–H groups in total. The van der Waals surface area contributed by atoms with Crippen LogP contribution in [0.15, 0.2) is 53.4 Å². The minimum Gasteiger partial charge on any atom is -0.497 e. The number of ether oxygens (including phenoxy) is 1. The van der Waals surface area contributed by atoms with Crippen molar-refractivity contribution >= 4 is 40.5 Å². The molecule has 1 aliphatic rings. The smallest absolute Gasteiger partial charge is 0.272 e. The second kappa shape index (κ2) is 7.88. The number of anilines is 2. The first kappa shape index (κ1) is 19.0. The van der Waals surface area contributed by atoms with Crippen LogP contribution in [0.25, 0.3) is 5.57 Å². The number of carbonyl (C=O) groups excluding carboxylic acids is 2. The molecule has 27 heavy (non-hydrogen) atoms. The first-order chi connectivity index (χ1) is 13.0. The number of thioether (sulfide) groups is 1. The summed E-state index contributed by atoms with van der Waals surface area (Å²) in [5.74, 6) is 0.854. The first-order valence-electron chi connectivity index (χ1n) is 8.65. The van der Waals surface area contributed by atoms with E-state index in [-0.39, 0.29) is 11.8 Å². The first-order valence-corrected chi connectivity index (χ1v) is 9.64. The van der Waals surface area contributed by atoms with Crippen LogP contribution < -0.4 is 14.5 Å². The Morgan fingerprint density at radius 2 is 1.59 bits per heavy atom. The van der Waals surface area contributed by atoms with Gasteiger partial charge in [0.25, 0.3) is 11.8 Å². The van der Waals surface area contributed by atoms with Crippen LogP contribution in [-0.2, 0) is 9.59 Å². The summed E-state index contributed by atoms with van der Waals surface area (Å²) in [5.41, 5.74) is 2.75. The number of imide groups is 1. The highest BCUT2D eigenvalue weighted by Gasteiger charge is 2.39. The highest BCUT2D eigenvalue weighted by atomic mass is 32.2. The van der Waals surface area contributed by atoms with Gasteiger partial charge in [-0.05, 0) is 47.7 Å². The van der Waals surface area contributed by atoms with Crippen molar-refractivity contribution in [3.8, 4) is 5.75 Å². The molecule has 2 aromatic carbocycles. The minimum atomic E-state index is -0.293. The van der Waals surface area contributed by atoms with Crippen LogP contribution in [0.4, 0.5) is 11.4 Å². The van der Waals surface area contributed by atoms with E-state index >= 15 is 0 Å². The molecule has 1 heterocycles. The van der Waals surface area contributed by atoms with E-state index in [1.807, 2.05) is 50.2 Å². The molecule has 2 aromatic rings. The Morgan fingerprint density at radius 3 is 2.11 bits per heavy atom. The summed E-state index contributed by atoms with van der Waals surface area (Å²) in [6.07, 6.45) is 0. The van der Waals surface area contributed by atoms with Crippen LogP contribution in [0.2, 0.25) is 0 Å². The third-order valence-corrected chi connectivity index (χ3v) is 5.29. The molecule has 140 valence electrons. The lowest BCUT2D eigenvalue weighted by Gasteiger charge is -2.17. The summed E-state index contributed by atoms with van der Waals surface area (Å²) in [6.45, 7) is 1.97. The summed E-state index contributed by atoms with van der Waals surface area (Å²) < 4.78 is 5.19. The average molecular weight is 382 g/mol. The second-order valence-electron chi connectivity index (χ2n) is 6.22. The lowest BCUT2D eigenvalue weighted by molar-refractivity contribution is -0.119. The Bertz CT molecular complexity index is 887. The fourth-order valence-electron chi connectivity index (χ4n) is 2.93. The van der Waals surface area contributed by atoms with Crippen LogP contribution in [0, 0.1) is 0 Å². The quantitative estimate of drug-likeness (QED) is 0.712. The summed E-state index contributed by atoms with van der Waals surface area (Å²) in [6, 6.07) is 14.6. The normalized spacial score (nSPS) is 14.1. The molecule has 0 saturated heterocycles. The molecular formula is C21H22N2O3S. The van der Waals surface area contributed by atoms with Gasteiger partial charge in [-0.2, -0.15) is 0 Å². The molecule has 0 bridgehead atoms. The fourth-order valence-corrected chi connectivity index (χ4v) is 3.79. The summed E-state index contributed by atoms with van der Waals surface area (Å²) >= 11 is 1.40. The molecule has 6 heteroatoms. The summed E-state index contributed by atoms with van der Waals surface area (Å²) in [5, 5.41) is 0. The van der Waals surface area contributed by atoms with E-state index in [2.05, 4.69) is 0 Å². The third-order valence-electron chi connectivity index (χ3n) is 4.33. The molecule has 3 rings (SSSR count). The number of methoxy groups -OCH3 is 1. The van der Waals surface area contributed by atoms with Crippen LogP contribution in [-0.4, -0.2) is 38.8 Å². The highest BCUT2D eigenvalue weighted by Crippen LogP contribution is 2.38. The zero-order valence-corrected chi connectivity index (χ0v) is 16.7. The topological polar surface area (TPSA) is 49.9 Å². The van der Waals surface area contributed by atoms with E-state index in [0.29, 0.717) is 27.7 Å². The van der Waals surface area contributed by atoms with Crippen molar-refractivity contribution in [1.29, 1.82) is 0 Å². The Hall–Kier alpha value is -2.73. The van der Waals surface area contributed by atoms with Crippen LogP contribution in [0.1, 0.15) is 12.5 Å². The zero-order valence-electron chi connectivity index (χ0n) is 15.9. The van der Waals surface area contributed by atoms with Gasteiger partial charge in [0.2, 0.25) is 0 Å². The van der Waals surface area contributed by atoms with E-state index in [1.54, 1.807) is 31.4 Å². The molecule has 0 atom stereocenters. The molecule has 0 radical (unpaired) electrons. The lowest BCUT2D eigenvalue weighted by atomic mass is 10.1. The number of hydrogen-bond acceptors (Lipinski definition) is 5. The Labute approximate surface area is 163 Å². The maximum absolute atomic E-state index is 13.2. The van der Waals surface area contributed by atoms with Crippen molar-refractivity contribution in [2.75, 3.05) is 36.8 Å². The van der Waals surface area contributed by atoms with E-state index in [0.717, 1.165) is 11.3 Å². The molecular weight excluding hydrogens is 360 g/mol. The molecule has 1 aliphatic heterocycles. The van der Waals surface area contributed by atoms with Gasteiger partial charge in [0.05, 0.1) is 23.3 Å². The number of amides is 2. The molecule has 0 saturated carbocycles. The van der Waals surface area contributed by atoms with Crippen LogP contribution in [0.5, 0.6) is 5.75 Å². The fraction of sp³-hybridized carbons (Fsp3) is 0.238. The van der Waals surface area contributed by atoms with Gasteiger partial charge in [-0.25, -0.2) is 4.90 Å². The molecule has 0 spiro atoms. The van der Waals surface area contributed by atoms with E-state index in [1.165, 1.54) is 16.7 Å². The standard InChI is InChI=1S/C21H22N2O3S/c1-5-27-19-18(14-6-12-17(26-4)13-7-14)20(24)23(21(19)25)16-10-8-15(9-11-16)22(2)3/h6-13H,5H2,1-4H3. The lowest BCUT2D eigenvalue weighted by Crippen LogP contribution is -2.31. The predicted octanol–water partition coefficient (Wildman–Crippen LogP) is 3.80. The molecule has 2 amide bonds. The number of nitrogens with zero attached hydrogens (tertiary/aromatic N) is 2. The van der Waals surface area contributed by atoms with Gasteiger partial charge in [0.1, 0.15) is 5.75 Å². The minimum absolute atomic E-state index is 0.268. The van der Waals surface area contributed by atoms with Crippen molar-refractivity contribution < 1.29 is 14.3 Å². The second-order valence-corrected chi connectivity index (χ2v) is 7.50. The third kappa shape index (κ3) is 3.57. The zero-order chi connectivity index (χ0) is 19.6. The molecule has 0 fully saturated rings. The largest absolute Gasteiger partial charge is 0.497 e. The Morgan fingerprint density at radius 1 is 0.963 bits per heavy atom. The molecule has 0 unspecified atom stereocenters. The molecule has 0 aromatic heterocycles. The monoisotopic (exact) mass is 382 g/mol.